The van der Waals surface area contributed by atoms with E-state index in [0.29, 0.717) is 10.9 Å². The predicted molar refractivity (Wildman–Crippen MR) is 79.8 cm³/mol. The summed E-state index contributed by atoms with van der Waals surface area (Å²) in [6, 6.07) is 11.5. The molecular formula is C14H11N3O2S. The summed E-state index contributed by atoms with van der Waals surface area (Å²) in [7, 11) is 0. The molecule has 0 atom stereocenters. The largest absolute Gasteiger partial charge is 0.464 e. The van der Waals surface area contributed by atoms with E-state index in [4.69, 9.17) is 4.42 Å². The molecule has 0 saturated carbocycles. The first kappa shape index (κ1) is 12.7. The first-order valence-electron chi connectivity index (χ1n) is 5.99. The van der Waals surface area contributed by atoms with Crippen LogP contribution in [0.1, 0.15) is 5.56 Å². The van der Waals surface area contributed by atoms with Gasteiger partial charge in [0.25, 0.3) is 0 Å². The van der Waals surface area contributed by atoms with Crippen molar-refractivity contribution in [1.29, 1.82) is 0 Å². The second kappa shape index (κ2) is 5.75. The van der Waals surface area contributed by atoms with Crippen molar-refractivity contribution in [2.24, 2.45) is 10.2 Å². The third kappa shape index (κ3) is 2.97. The first-order chi connectivity index (χ1) is 9.81. The summed E-state index contributed by atoms with van der Waals surface area (Å²) < 4.78 is 5.35. The zero-order chi connectivity index (χ0) is 13.8. The molecule has 1 N–H and O–H groups in total. The molecule has 1 aliphatic rings. The highest BCUT2D eigenvalue weighted by Crippen LogP contribution is 2.20. The third-order valence-corrected chi connectivity index (χ3v) is 3.50. The molecule has 2 aromatic rings. The Morgan fingerprint density at radius 3 is 3.00 bits per heavy atom. The lowest BCUT2D eigenvalue weighted by molar-refractivity contribution is -0.116. The highest BCUT2D eigenvalue weighted by molar-refractivity contribution is 8.15. The standard InChI is InChI=1S/C14H11N3O2S/c18-13-9-20-14(16-13)17-15-8-10-3-1-4-11(7-10)12-5-2-6-19-12/h1-8H,9H2,(H,16,17,18). The molecule has 1 aromatic heterocycles. The highest BCUT2D eigenvalue weighted by atomic mass is 32.2. The van der Waals surface area contributed by atoms with E-state index in [-0.39, 0.29) is 5.91 Å². The van der Waals surface area contributed by atoms with Crippen LogP contribution >= 0.6 is 11.8 Å². The number of hydrogen-bond acceptors (Lipinski definition) is 5. The summed E-state index contributed by atoms with van der Waals surface area (Å²) >= 11 is 1.35. The second-order valence-electron chi connectivity index (χ2n) is 4.09. The van der Waals surface area contributed by atoms with E-state index in [1.165, 1.54) is 11.8 Å². The van der Waals surface area contributed by atoms with Crippen LogP contribution < -0.4 is 5.32 Å². The number of carbonyl (C=O) groups excluding carboxylic acids is 1. The van der Waals surface area contributed by atoms with Gasteiger partial charge in [-0.15, -0.1) is 5.10 Å². The molecule has 3 rings (SSSR count). The van der Waals surface area contributed by atoms with Gasteiger partial charge in [-0.3, -0.25) is 4.79 Å². The van der Waals surface area contributed by atoms with Crippen molar-refractivity contribution in [3.63, 3.8) is 0 Å². The fourth-order valence-electron chi connectivity index (χ4n) is 1.74. The van der Waals surface area contributed by atoms with Gasteiger partial charge >= 0.3 is 0 Å². The molecule has 100 valence electrons. The number of nitrogens with zero attached hydrogens (tertiary/aromatic N) is 2. The van der Waals surface area contributed by atoms with E-state index >= 15 is 0 Å². The van der Waals surface area contributed by atoms with Crippen molar-refractivity contribution in [2.75, 3.05) is 5.75 Å². The van der Waals surface area contributed by atoms with Crippen LogP contribution in [0.2, 0.25) is 0 Å². The summed E-state index contributed by atoms with van der Waals surface area (Å²) in [4.78, 5) is 11.0. The molecule has 0 radical (unpaired) electrons. The summed E-state index contributed by atoms with van der Waals surface area (Å²) in [6.45, 7) is 0. The molecule has 0 aliphatic carbocycles. The fourth-order valence-corrected chi connectivity index (χ4v) is 2.37. The SMILES string of the molecule is O=C1CSC(=NN=Cc2cccc(-c3ccco3)c2)N1. The van der Waals surface area contributed by atoms with Crippen molar-refractivity contribution < 1.29 is 9.21 Å². The zero-order valence-corrected chi connectivity index (χ0v) is 11.3. The maximum atomic E-state index is 11.0. The van der Waals surface area contributed by atoms with Gasteiger partial charge < -0.3 is 9.73 Å². The number of nitrogens with one attached hydrogen (secondary N) is 1. The van der Waals surface area contributed by atoms with Gasteiger partial charge in [-0.25, -0.2) is 0 Å². The van der Waals surface area contributed by atoms with E-state index in [1.54, 1.807) is 12.5 Å². The van der Waals surface area contributed by atoms with Gasteiger partial charge in [0.05, 0.1) is 18.2 Å². The number of carbonyl (C=O) groups is 1. The first-order valence-corrected chi connectivity index (χ1v) is 6.97. The number of amidine groups is 1. The van der Waals surface area contributed by atoms with Crippen molar-refractivity contribution >= 4 is 29.1 Å². The van der Waals surface area contributed by atoms with E-state index in [0.717, 1.165) is 16.9 Å². The van der Waals surface area contributed by atoms with Gasteiger partial charge in [0.1, 0.15) is 5.76 Å². The van der Waals surface area contributed by atoms with Crippen molar-refractivity contribution in [1.82, 2.24) is 5.32 Å². The van der Waals surface area contributed by atoms with Crippen LogP contribution in [0.4, 0.5) is 0 Å². The van der Waals surface area contributed by atoms with Crippen LogP contribution in [0.3, 0.4) is 0 Å². The Kier molecular flexibility index (Phi) is 3.64. The zero-order valence-electron chi connectivity index (χ0n) is 10.4. The van der Waals surface area contributed by atoms with E-state index in [9.17, 15) is 4.79 Å². The number of furan rings is 1. The third-order valence-electron chi connectivity index (χ3n) is 2.63. The lowest BCUT2D eigenvalue weighted by Crippen LogP contribution is -2.19. The van der Waals surface area contributed by atoms with E-state index in [1.807, 2.05) is 36.4 Å². The Bertz CT molecular complexity index is 677. The van der Waals surface area contributed by atoms with Gasteiger partial charge in [0.2, 0.25) is 5.91 Å². The average molecular weight is 285 g/mol. The summed E-state index contributed by atoms with van der Waals surface area (Å²) in [5.74, 6) is 1.18. The monoisotopic (exact) mass is 285 g/mol. The molecule has 1 amide bonds. The van der Waals surface area contributed by atoms with Crippen LogP contribution in [0.5, 0.6) is 0 Å². The maximum absolute atomic E-state index is 11.0. The highest BCUT2D eigenvalue weighted by Gasteiger charge is 2.15. The van der Waals surface area contributed by atoms with Gasteiger partial charge in [-0.1, -0.05) is 30.0 Å². The molecule has 6 heteroatoms. The summed E-state index contributed by atoms with van der Waals surface area (Å²) in [6.07, 6.45) is 3.28. The minimum Gasteiger partial charge on any atom is -0.464 e. The fraction of sp³-hybridized carbons (Fsp3) is 0.0714. The number of thioether (sulfide) groups is 1. The molecule has 1 aromatic carbocycles. The second-order valence-corrected chi connectivity index (χ2v) is 5.05. The lowest BCUT2D eigenvalue weighted by Gasteiger charge is -1.98. The Labute approximate surface area is 119 Å². The number of amides is 1. The van der Waals surface area contributed by atoms with Crippen LogP contribution in [-0.4, -0.2) is 23.0 Å². The van der Waals surface area contributed by atoms with Crippen molar-refractivity contribution in [3.8, 4) is 11.3 Å². The maximum Gasteiger partial charge on any atom is 0.236 e. The molecule has 0 bridgehead atoms. The molecule has 0 spiro atoms. The molecule has 0 unspecified atom stereocenters. The van der Waals surface area contributed by atoms with Crippen LogP contribution in [0, 0.1) is 0 Å². The summed E-state index contributed by atoms with van der Waals surface area (Å²) in [5.41, 5.74) is 1.90. The number of rotatable bonds is 3. The molecule has 20 heavy (non-hydrogen) atoms. The molecular weight excluding hydrogens is 274 g/mol. The topological polar surface area (TPSA) is 67.0 Å². The number of benzene rings is 1. The van der Waals surface area contributed by atoms with Gasteiger partial charge in [-0.2, -0.15) is 5.10 Å². The minimum atomic E-state index is -0.0382. The molecule has 1 saturated heterocycles. The molecule has 5 nitrogen and oxygen atoms in total. The van der Waals surface area contributed by atoms with Crippen LogP contribution in [0.25, 0.3) is 11.3 Å². The predicted octanol–water partition coefficient (Wildman–Crippen LogP) is 2.50. The minimum absolute atomic E-state index is 0.0382. The quantitative estimate of drug-likeness (QED) is 0.696. The smallest absolute Gasteiger partial charge is 0.236 e. The van der Waals surface area contributed by atoms with Crippen molar-refractivity contribution in [2.45, 2.75) is 0 Å². The molecule has 2 heterocycles. The lowest BCUT2D eigenvalue weighted by atomic mass is 10.1. The molecule has 1 aliphatic heterocycles. The van der Waals surface area contributed by atoms with Crippen molar-refractivity contribution in [3.05, 3.63) is 48.2 Å². The molecule has 1 fully saturated rings. The van der Waals surface area contributed by atoms with Crippen LogP contribution in [-0.2, 0) is 4.79 Å². The van der Waals surface area contributed by atoms with E-state index in [2.05, 4.69) is 15.5 Å². The van der Waals surface area contributed by atoms with Crippen LogP contribution in [0.15, 0.2) is 57.3 Å². The van der Waals surface area contributed by atoms with E-state index < -0.39 is 0 Å². The van der Waals surface area contributed by atoms with Gasteiger partial charge in [0, 0.05) is 5.56 Å². The normalized spacial score (nSPS) is 17.0. The number of hydrogen-bond donors (Lipinski definition) is 1. The Hall–Kier alpha value is -2.34. The summed E-state index contributed by atoms with van der Waals surface area (Å²) in [5, 5.41) is 11.1. The van der Waals surface area contributed by atoms with Gasteiger partial charge in [0.15, 0.2) is 5.17 Å². The Morgan fingerprint density at radius 2 is 2.25 bits per heavy atom. The average Bonchev–Trinajstić information content (AvgIpc) is 3.11. The van der Waals surface area contributed by atoms with Gasteiger partial charge in [-0.05, 0) is 23.8 Å². The Balaban J connectivity index is 1.75. The Morgan fingerprint density at radius 1 is 1.30 bits per heavy atom.